The normalized spacial score (nSPS) is 10.6. The molecule has 0 aliphatic heterocycles. The van der Waals surface area contributed by atoms with E-state index in [1.807, 2.05) is 32.0 Å². The van der Waals surface area contributed by atoms with Crippen molar-refractivity contribution in [2.45, 2.75) is 25.1 Å². The first-order valence-corrected chi connectivity index (χ1v) is 4.18. The van der Waals surface area contributed by atoms with Gasteiger partial charge in [-0.05, 0) is 25.8 Å². The van der Waals surface area contributed by atoms with E-state index in [4.69, 9.17) is 11.6 Å². The zero-order valence-corrected chi connectivity index (χ0v) is 8.43. The number of hydrogen-bond acceptors (Lipinski definition) is 1. The highest BCUT2D eigenvalue weighted by Crippen LogP contribution is 2.18. The smallest absolute Gasteiger partial charge is 0.0430 e. The zero-order chi connectivity index (χ0) is 8.32. The van der Waals surface area contributed by atoms with E-state index in [-0.39, 0.29) is 11.0 Å². The van der Waals surface area contributed by atoms with Gasteiger partial charge in [0.15, 0.2) is 0 Å². The lowest BCUT2D eigenvalue weighted by Gasteiger charge is -2.14. The van der Waals surface area contributed by atoms with Crippen LogP contribution in [0.4, 0.5) is 0 Å². The van der Waals surface area contributed by atoms with Gasteiger partial charge in [-0.2, -0.15) is 0 Å². The quantitative estimate of drug-likeness (QED) is 0.705. The molecule has 2 heteroatoms. The summed E-state index contributed by atoms with van der Waals surface area (Å²) in [5.74, 6) is 0. The minimum atomic E-state index is -0.124. The molecular formula is C10H16ClN. The second-order valence-electron chi connectivity index (χ2n) is 3.38. The fourth-order valence-electron chi connectivity index (χ4n) is 1.08. The number of halogens is 1. The molecule has 0 bridgehead atoms. The summed E-state index contributed by atoms with van der Waals surface area (Å²) in [5, 5.41) is 0. The third kappa shape index (κ3) is 4.37. The molecule has 0 saturated carbocycles. The highest BCUT2D eigenvalue weighted by molar-refractivity contribution is 6.23. The van der Waals surface area contributed by atoms with Crippen LogP contribution in [-0.2, 0) is 6.42 Å². The summed E-state index contributed by atoms with van der Waals surface area (Å²) < 4.78 is 0. The van der Waals surface area contributed by atoms with Gasteiger partial charge in [-0.15, -0.1) is 11.6 Å². The van der Waals surface area contributed by atoms with E-state index in [9.17, 15) is 0 Å². The summed E-state index contributed by atoms with van der Waals surface area (Å²) in [5.41, 5.74) is 1.30. The first kappa shape index (κ1) is 11.5. The van der Waals surface area contributed by atoms with Gasteiger partial charge < -0.3 is 6.15 Å². The Morgan fingerprint density at radius 1 is 1.17 bits per heavy atom. The molecule has 1 aromatic carbocycles. The van der Waals surface area contributed by atoms with Gasteiger partial charge in [0.25, 0.3) is 0 Å². The molecule has 0 unspecified atom stereocenters. The van der Waals surface area contributed by atoms with E-state index in [0.29, 0.717) is 0 Å². The van der Waals surface area contributed by atoms with Crippen LogP contribution in [0.1, 0.15) is 19.4 Å². The van der Waals surface area contributed by atoms with Crippen molar-refractivity contribution in [3.8, 4) is 0 Å². The second kappa shape index (κ2) is 4.48. The Hall–Kier alpha value is -0.530. The molecule has 0 fully saturated rings. The van der Waals surface area contributed by atoms with Crippen LogP contribution in [-0.4, -0.2) is 4.87 Å². The predicted octanol–water partition coefficient (Wildman–Crippen LogP) is 3.41. The van der Waals surface area contributed by atoms with Gasteiger partial charge in [0.05, 0.1) is 0 Å². The van der Waals surface area contributed by atoms with Crippen LogP contribution in [0, 0.1) is 0 Å². The lowest BCUT2D eigenvalue weighted by Crippen LogP contribution is -2.13. The Morgan fingerprint density at radius 3 is 2.08 bits per heavy atom. The fraction of sp³-hybridized carbons (Fsp3) is 0.400. The van der Waals surface area contributed by atoms with Crippen molar-refractivity contribution in [2.75, 3.05) is 0 Å². The van der Waals surface area contributed by atoms with Crippen LogP contribution in [0.5, 0.6) is 0 Å². The number of benzene rings is 1. The van der Waals surface area contributed by atoms with Crippen molar-refractivity contribution in [2.24, 2.45) is 0 Å². The fourth-order valence-corrected chi connectivity index (χ4v) is 1.24. The molecule has 1 nitrogen and oxygen atoms in total. The first-order chi connectivity index (χ1) is 5.08. The molecule has 1 aromatic rings. The van der Waals surface area contributed by atoms with E-state index < -0.39 is 0 Å². The maximum atomic E-state index is 6.07. The maximum Gasteiger partial charge on any atom is 0.0430 e. The van der Waals surface area contributed by atoms with E-state index in [1.165, 1.54) is 5.56 Å². The molecular weight excluding hydrogens is 170 g/mol. The average molecular weight is 186 g/mol. The van der Waals surface area contributed by atoms with Crippen LogP contribution in [0.15, 0.2) is 30.3 Å². The Bertz CT molecular complexity index is 213. The number of rotatable bonds is 2. The largest absolute Gasteiger partial charge is 0.344 e. The predicted molar refractivity (Wildman–Crippen MR) is 55.1 cm³/mol. The Labute approximate surface area is 79.3 Å². The third-order valence-electron chi connectivity index (χ3n) is 1.47. The molecule has 0 aromatic heterocycles. The minimum Gasteiger partial charge on any atom is -0.344 e. The van der Waals surface area contributed by atoms with Crippen LogP contribution in [0.2, 0.25) is 0 Å². The van der Waals surface area contributed by atoms with Crippen molar-refractivity contribution in [3.63, 3.8) is 0 Å². The summed E-state index contributed by atoms with van der Waals surface area (Å²) in [6.45, 7) is 4.06. The van der Waals surface area contributed by atoms with Gasteiger partial charge in [0.2, 0.25) is 0 Å². The molecule has 0 heterocycles. The molecule has 68 valence electrons. The van der Waals surface area contributed by atoms with E-state index in [1.54, 1.807) is 0 Å². The van der Waals surface area contributed by atoms with Gasteiger partial charge >= 0.3 is 0 Å². The Kier molecular flexibility index (Phi) is 4.29. The summed E-state index contributed by atoms with van der Waals surface area (Å²) in [6, 6.07) is 10.3. The second-order valence-corrected chi connectivity index (χ2v) is 4.40. The van der Waals surface area contributed by atoms with Crippen LogP contribution in [0.25, 0.3) is 0 Å². The maximum absolute atomic E-state index is 6.07. The lowest BCUT2D eigenvalue weighted by molar-refractivity contribution is 0.694. The zero-order valence-electron chi connectivity index (χ0n) is 7.68. The van der Waals surface area contributed by atoms with Crippen molar-refractivity contribution >= 4 is 11.6 Å². The van der Waals surface area contributed by atoms with E-state index in [2.05, 4.69) is 12.1 Å². The molecule has 1 rings (SSSR count). The molecule has 0 saturated heterocycles. The average Bonchev–Trinajstić information content (AvgIpc) is 1.85. The van der Waals surface area contributed by atoms with Gasteiger partial charge in [-0.1, -0.05) is 30.3 Å². The van der Waals surface area contributed by atoms with Crippen molar-refractivity contribution in [1.82, 2.24) is 6.15 Å². The summed E-state index contributed by atoms with van der Waals surface area (Å²) in [6.07, 6.45) is 0.926. The minimum absolute atomic E-state index is 0. The number of alkyl halides is 1. The SMILES string of the molecule is CC(C)(Cl)Cc1ccccc1.N. The molecule has 0 aliphatic carbocycles. The standard InChI is InChI=1S/C10H13Cl.H3N/c1-10(2,11)8-9-6-4-3-5-7-9;/h3-7H,8H2,1-2H3;1H3. The molecule has 0 radical (unpaired) electrons. The monoisotopic (exact) mass is 185 g/mol. The van der Waals surface area contributed by atoms with E-state index in [0.717, 1.165) is 6.42 Å². The van der Waals surface area contributed by atoms with Gasteiger partial charge in [0.1, 0.15) is 0 Å². The molecule has 0 aliphatic rings. The highest BCUT2D eigenvalue weighted by Gasteiger charge is 2.12. The summed E-state index contributed by atoms with van der Waals surface area (Å²) in [4.78, 5) is -0.124. The van der Waals surface area contributed by atoms with Crippen LogP contribution < -0.4 is 6.15 Å². The van der Waals surface area contributed by atoms with Crippen molar-refractivity contribution < 1.29 is 0 Å². The molecule has 12 heavy (non-hydrogen) atoms. The highest BCUT2D eigenvalue weighted by atomic mass is 35.5. The first-order valence-electron chi connectivity index (χ1n) is 3.81. The third-order valence-corrected chi connectivity index (χ3v) is 1.60. The molecule has 0 spiro atoms. The van der Waals surface area contributed by atoms with Crippen molar-refractivity contribution in [3.05, 3.63) is 35.9 Å². The lowest BCUT2D eigenvalue weighted by atomic mass is 10.0. The van der Waals surface area contributed by atoms with Crippen LogP contribution in [0.3, 0.4) is 0 Å². The molecule has 0 atom stereocenters. The number of hydrogen-bond donors (Lipinski definition) is 1. The summed E-state index contributed by atoms with van der Waals surface area (Å²) in [7, 11) is 0. The topological polar surface area (TPSA) is 35.0 Å². The van der Waals surface area contributed by atoms with Gasteiger partial charge in [-0.25, -0.2) is 0 Å². The van der Waals surface area contributed by atoms with Crippen LogP contribution >= 0.6 is 11.6 Å². The Balaban J connectivity index is 0.00000121. The molecule has 0 amide bonds. The molecule has 3 N–H and O–H groups in total. The summed E-state index contributed by atoms with van der Waals surface area (Å²) >= 11 is 6.07. The van der Waals surface area contributed by atoms with Crippen molar-refractivity contribution in [1.29, 1.82) is 0 Å². The Morgan fingerprint density at radius 2 is 1.67 bits per heavy atom. The van der Waals surface area contributed by atoms with E-state index >= 15 is 0 Å². The van der Waals surface area contributed by atoms with Gasteiger partial charge in [-0.3, -0.25) is 0 Å². The van der Waals surface area contributed by atoms with Gasteiger partial charge in [0, 0.05) is 4.87 Å².